The number of carbonyl (C=O) groups excluding carboxylic acids is 1. The Morgan fingerprint density at radius 1 is 1.50 bits per heavy atom. The molecule has 3 heteroatoms. The molecule has 2 atom stereocenters. The van der Waals surface area contributed by atoms with E-state index in [1.807, 2.05) is 11.8 Å². The molecule has 0 aromatic heterocycles. The number of hydrogen-bond donors (Lipinski definition) is 1. The van der Waals surface area contributed by atoms with E-state index in [9.17, 15) is 4.79 Å². The molecule has 0 radical (unpaired) electrons. The molecule has 1 rings (SSSR count). The molecule has 1 saturated heterocycles. The van der Waals surface area contributed by atoms with Crippen molar-refractivity contribution in [3.05, 3.63) is 0 Å². The molecule has 14 heavy (non-hydrogen) atoms. The normalized spacial score (nSPS) is 25.6. The van der Waals surface area contributed by atoms with Gasteiger partial charge in [-0.1, -0.05) is 12.8 Å². The lowest BCUT2D eigenvalue weighted by Gasteiger charge is -2.27. The summed E-state index contributed by atoms with van der Waals surface area (Å²) in [5, 5.41) is 0. The number of rotatable bonds is 2. The molecule has 0 spiro atoms. The molecular weight excluding hydrogens is 176 g/mol. The maximum Gasteiger partial charge on any atom is 0.224 e. The number of carbonyl (C=O) groups is 1. The summed E-state index contributed by atoms with van der Waals surface area (Å²) in [6.07, 6.45) is 5.29. The predicted octanol–water partition coefficient (Wildman–Crippen LogP) is 1.51. The molecule has 1 amide bonds. The van der Waals surface area contributed by atoms with Gasteiger partial charge in [-0.25, -0.2) is 0 Å². The van der Waals surface area contributed by atoms with Crippen molar-refractivity contribution in [2.75, 3.05) is 6.54 Å². The van der Waals surface area contributed by atoms with Crippen molar-refractivity contribution < 1.29 is 4.79 Å². The van der Waals surface area contributed by atoms with E-state index in [0.717, 1.165) is 19.4 Å². The second kappa shape index (κ2) is 5.35. The van der Waals surface area contributed by atoms with Crippen LogP contribution in [0.3, 0.4) is 0 Å². The van der Waals surface area contributed by atoms with E-state index in [-0.39, 0.29) is 11.9 Å². The average Bonchev–Trinajstić information content (AvgIpc) is 2.28. The first-order chi connectivity index (χ1) is 6.61. The second-order valence-electron chi connectivity index (χ2n) is 4.47. The zero-order chi connectivity index (χ0) is 10.6. The van der Waals surface area contributed by atoms with E-state index >= 15 is 0 Å². The van der Waals surface area contributed by atoms with E-state index in [4.69, 9.17) is 5.73 Å². The van der Waals surface area contributed by atoms with Gasteiger partial charge in [-0.2, -0.15) is 0 Å². The minimum absolute atomic E-state index is 0.0158. The van der Waals surface area contributed by atoms with E-state index in [2.05, 4.69) is 6.92 Å². The van der Waals surface area contributed by atoms with Gasteiger partial charge in [0.25, 0.3) is 0 Å². The molecule has 0 aliphatic carbocycles. The maximum absolute atomic E-state index is 11.8. The standard InChI is InChI=1S/C11H22N2O/c1-9(12)8-11(14)13-7-5-3-4-6-10(13)2/h9-10H,3-8,12H2,1-2H3. The number of likely N-dealkylation sites (tertiary alicyclic amines) is 1. The Balaban J connectivity index is 2.50. The zero-order valence-corrected chi connectivity index (χ0v) is 9.33. The van der Waals surface area contributed by atoms with Crippen LogP contribution in [0.5, 0.6) is 0 Å². The first kappa shape index (κ1) is 11.5. The summed E-state index contributed by atoms with van der Waals surface area (Å²) in [6, 6.07) is 0.390. The average molecular weight is 198 g/mol. The highest BCUT2D eigenvalue weighted by Crippen LogP contribution is 2.17. The molecule has 1 heterocycles. The number of amides is 1. The number of hydrogen-bond acceptors (Lipinski definition) is 2. The van der Waals surface area contributed by atoms with Crippen LogP contribution in [0.4, 0.5) is 0 Å². The van der Waals surface area contributed by atoms with Gasteiger partial charge in [-0.05, 0) is 26.7 Å². The van der Waals surface area contributed by atoms with Crippen molar-refractivity contribution in [2.24, 2.45) is 5.73 Å². The van der Waals surface area contributed by atoms with Crippen molar-refractivity contribution in [1.29, 1.82) is 0 Å². The third-order valence-corrected chi connectivity index (χ3v) is 2.87. The third-order valence-electron chi connectivity index (χ3n) is 2.87. The van der Waals surface area contributed by atoms with E-state index < -0.39 is 0 Å². The molecular formula is C11H22N2O. The third kappa shape index (κ3) is 3.29. The number of nitrogens with zero attached hydrogens (tertiary/aromatic N) is 1. The van der Waals surface area contributed by atoms with E-state index in [1.54, 1.807) is 0 Å². The molecule has 1 fully saturated rings. The minimum atomic E-state index is -0.0158. The first-order valence-electron chi connectivity index (χ1n) is 5.66. The second-order valence-corrected chi connectivity index (χ2v) is 4.47. The fourth-order valence-corrected chi connectivity index (χ4v) is 2.04. The smallest absolute Gasteiger partial charge is 0.224 e. The highest BCUT2D eigenvalue weighted by molar-refractivity contribution is 5.77. The van der Waals surface area contributed by atoms with Crippen molar-refractivity contribution in [3.8, 4) is 0 Å². The van der Waals surface area contributed by atoms with Crippen molar-refractivity contribution >= 4 is 5.91 Å². The lowest BCUT2D eigenvalue weighted by Crippen LogP contribution is -2.40. The van der Waals surface area contributed by atoms with Crippen LogP contribution in [0.1, 0.15) is 46.0 Å². The van der Waals surface area contributed by atoms with Gasteiger partial charge in [0.05, 0.1) is 0 Å². The van der Waals surface area contributed by atoms with Crippen LogP contribution in [0.2, 0.25) is 0 Å². The van der Waals surface area contributed by atoms with Gasteiger partial charge in [-0.15, -0.1) is 0 Å². The Labute approximate surface area is 86.6 Å². The molecule has 2 unspecified atom stereocenters. The lowest BCUT2D eigenvalue weighted by molar-refractivity contribution is -0.133. The molecule has 1 aliphatic heterocycles. The molecule has 0 aromatic carbocycles. The summed E-state index contributed by atoms with van der Waals surface area (Å²) < 4.78 is 0. The summed E-state index contributed by atoms with van der Waals surface area (Å²) in [7, 11) is 0. The topological polar surface area (TPSA) is 46.3 Å². The Morgan fingerprint density at radius 2 is 2.21 bits per heavy atom. The monoisotopic (exact) mass is 198 g/mol. The highest BCUT2D eigenvalue weighted by atomic mass is 16.2. The van der Waals surface area contributed by atoms with Crippen LogP contribution in [0, 0.1) is 0 Å². The van der Waals surface area contributed by atoms with Gasteiger partial charge in [0, 0.05) is 25.0 Å². The Kier molecular flexibility index (Phi) is 4.39. The Morgan fingerprint density at radius 3 is 2.86 bits per heavy atom. The molecule has 0 aromatic rings. The van der Waals surface area contributed by atoms with Gasteiger partial charge in [0.1, 0.15) is 0 Å². The van der Waals surface area contributed by atoms with Gasteiger partial charge in [0.2, 0.25) is 5.91 Å². The molecule has 0 bridgehead atoms. The Hall–Kier alpha value is -0.570. The molecule has 3 nitrogen and oxygen atoms in total. The van der Waals surface area contributed by atoms with Gasteiger partial charge in [-0.3, -0.25) is 4.79 Å². The van der Waals surface area contributed by atoms with Crippen LogP contribution in [0.15, 0.2) is 0 Å². The SMILES string of the molecule is CC(N)CC(=O)N1CCCCCC1C. The lowest BCUT2D eigenvalue weighted by atomic mass is 10.1. The van der Waals surface area contributed by atoms with Crippen LogP contribution in [0.25, 0.3) is 0 Å². The highest BCUT2D eigenvalue weighted by Gasteiger charge is 2.22. The van der Waals surface area contributed by atoms with Crippen molar-refractivity contribution in [3.63, 3.8) is 0 Å². The van der Waals surface area contributed by atoms with Gasteiger partial charge in [0.15, 0.2) is 0 Å². The largest absolute Gasteiger partial charge is 0.340 e. The Bertz CT molecular complexity index is 192. The van der Waals surface area contributed by atoms with Crippen molar-refractivity contribution in [2.45, 2.75) is 58.0 Å². The summed E-state index contributed by atoms with van der Waals surface area (Å²) in [5.41, 5.74) is 5.64. The van der Waals surface area contributed by atoms with Gasteiger partial charge < -0.3 is 10.6 Å². The molecule has 0 saturated carbocycles. The van der Waals surface area contributed by atoms with Crippen LogP contribution >= 0.6 is 0 Å². The van der Waals surface area contributed by atoms with Crippen LogP contribution < -0.4 is 5.73 Å². The zero-order valence-electron chi connectivity index (χ0n) is 9.33. The van der Waals surface area contributed by atoms with Crippen LogP contribution in [-0.4, -0.2) is 29.4 Å². The summed E-state index contributed by atoms with van der Waals surface area (Å²) in [4.78, 5) is 13.8. The summed E-state index contributed by atoms with van der Waals surface area (Å²) >= 11 is 0. The van der Waals surface area contributed by atoms with E-state index in [0.29, 0.717) is 12.5 Å². The maximum atomic E-state index is 11.8. The fourth-order valence-electron chi connectivity index (χ4n) is 2.04. The summed E-state index contributed by atoms with van der Waals surface area (Å²) in [5.74, 6) is 0.231. The van der Waals surface area contributed by atoms with Crippen LogP contribution in [-0.2, 0) is 4.79 Å². The van der Waals surface area contributed by atoms with Gasteiger partial charge >= 0.3 is 0 Å². The van der Waals surface area contributed by atoms with Crippen molar-refractivity contribution in [1.82, 2.24) is 4.90 Å². The molecule has 82 valence electrons. The minimum Gasteiger partial charge on any atom is -0.340 e. The summed E-state index contributed by atoms with van der Waals surface area (Å²) in [6.45, 7) is 4.96. The number of nitrogens with two attached hydrogens (primary N) is 1. The first-order valence-corrected chi connectivity index (χ1v) is 5.66. The fraction of sp³-hybridized carbons (Fsp3) is 0.909. The predicted molar refractivity (Wildman–Crippen MR) is 57.9 cm³/mol. The molecule has 2 N–H and O–H groups in total. The molecule has 1 aliphatic rings. The van der Waals surface area contributed by atoms with E-state index in [1.165, 1.54) is 12.8 Å². The quantitative estimate of drug-likeness (QED) is 0.731.